The fourth-order valence-corrected chi connectivity index (χ4v) is 2.77. The Morgan fingerprint density at radius 3 is 2.48 bits per heavy atom. The molecular formula is C17H26N2O2. The van der Waals surface area contributed by atoms with Crippen molar-refractivity contribution in [1.82, 2.24) is 10.6 Å². The summed E-state index contributed by atoms with van der Waals surface area (Å²) in [6.07, 6.45) is 3.47. The monoisotopic (exact) mass is 290 g/mol. The van der Waals surface area contributed by atoms with E-state index in [4.69, 9.17) is 5.11 Å². The van der Waals surface area contributed by atoms with Gasteiger partial charge in [-0.1, -0.05) is 43.7 Å². The molecule has 1 fully saturated rings. The Morgan fingerprint density at radius 2 is 1.95 bits per heavy atom. The van der Waals surface area contributed by atoms with E-state index >= 15 is 0 Å². The summed E-state index contributed by atoms with van der Waals surface area (Å²) in [5, 5.41) is 15.0. The second-order valence-electron chi connectivity index (χ2n) is 6.28. The second-order valence-corrected chi connectivity index (χ2v) is 6.28. The molecule has 1 aliphatic carbocycles. The summed E-state index contributed by atoms with van der Waals surface area (Å²) >= 11 is 0. The van der Waals surface area contributed by atoms with E-state index in [1.165, 1.54) is 12.0 Å². The van der Waals surface area contributed by atoms with E-state index < -0.39 is 0 Å². The van der Waals surface area contributed by atoms with E-state index in [0.717, 1.165) is 12.8 Å². The van der Waals surface area contributed by atoms with Crippen LogP contribution in [0.3, 0.4) is 0 Å². The molecule has 21 heavy (non-hydrogen) atoms. The van der Waals surface area contributed by atoms with Gasteiger partial charge in [0, 0.05) is 24.6 Å². The summed E-state index contributed by atoms with van der Waals surface area (Å²) in [6, 6.07) is 10.2. The van der Waals surface area contributed by atoms with Crippen molar-refractivity contribution in [3.63, 3.8) is 0 Å². The first-order valence-corrected chi connectivity index (χ1v) is 7.78. The minimum Gasteiger partial charge on any atom is -0.396 e. The normalized spacial score (nSPS) is 19.2. The van der Waals surface area contributed by atoms with E-state index in [0.29, 0.717) is 6.54 Å². The molecule has 2 atom stereocenters. The zero-order valence-corrected chi connectivity index (χ0v) is 12.9. The van der Waals surface area contributed by atoms with Gasteiger partial charge in [0.05, 0.1) is 0 Å². The molecule has 0 heterocycles. The summed E-state index contributed by atoms with van der Waals surface area (Å²) in [4.78, 5) is 12.0. The quantitative estimate of drug-likeness (QED) is 0.753. The van der Waals surface area contributed by atoms with Crippen molar-refractivity contribution in [2.45, 2.75) is 44.6 Å². The first-order chi connectivity index (χ1) is 10.1. The number of urea groups is 1. The van der Waals surface area contributed by atoms with Gasteiger partial charge < -0.3 is 15.7 Å². The maximum atomic E-state index is 12.0. The lowest BCUT2D eigenvalue weighted by molar-refractivity contribution is 0.193. The first kappa shape index (κ1) is 15.8. The van der Waals surface area contributed by atoms with Gasteiger partial charge in [0.25, 0.3) is 0 Å². The van der Waals surface area contributed by atoms with Crippen LogP contribution < -0.4 is 10.6 Å². The van der Waals surface area contributed by atoms with Crippen molar-refractivity contribution in [2.24, 2.45) is 5.92 Å². The number of carbonyl (C=O) groups is 1. The predicted molar refractivity (Wildman–Crippen MR) is 84.2 cm³/mol. The summed E-state index contributed by atoms with van der Waals surface area (Å²) in [5.41, 5.74) is 1.41. The Hall–Kier alpha value is -1.55. The molecule has 2 rings (SSSR count). The molecular weight excluding hydrogens is 264 g/mol. The molecule has 4 heteroatoms. The van der Waals surface area contributed by atoms with Crippen LogP contribution in [0.5, 0.6) is 0 Å². The van der Waals surface area contributed by atoms with E-state index in [-0.39, 0.29) is 30.0 Å². The maximum absolute atomic E-state index is 12.0. The van der Waals surface area contributed by atoms with Gasteiger partial charge in [-0.05, 0) is 31.2 Å². The Labute approximate surface area is 126 Å². The highest BCUT2D eigenvalue weighted by Crippen LogP contribution is 2.43. The second kappa shape index (κ2) is 6.94. The molecule has 1 aromatic rings. The minimum atomic E-state index is -0.148. The lowest BCUT2D eigenvalue weighted by Gasteiger charge is -2.42. The molecule has 4 nitrogen and oxygen atoms in total. The molecule has 0 bridgehead atoms. The van der Waals surface area contributed by atoms with Crippen molar-refractivity contribution in [1.29, 1.82) is 0 Å². The Kier molecular flexibility index (Phi) is 5.23. The minimum absolute atomic E-state index is 0.0379. The van der Waals surface area contributed by atoms with E-state index in [1.54, 1.807) is 0 Å². The first-order valence-electron chi connectivity index (χ1n) is 7.78. The number of rotatable bonds is 6. The molecule has 1 aliphatic rings. The fraction of sp³-hybridized carbons (Fsp3) is 0.588. The maximum Gasteiger partial charge on any atom is 0.315 e. The molecule has 3 N–H and O–H groups in total. The Morgan fingerprint density at radius 1 is 1.29 bits per heavy atom. The zero-order valence-electron chi connectivity index (χ0n) is 12.9. The van der Waals surface area contributed by atoms with Gasteiger partial charge in [-0.2, -0.15) is 0 Å². The van der Waals surface area contributed by atoms with Gasteiger partial charge in [-0.3, -0.25) is 0 Å². The lowest BCUT2D eigenvalue weighted by Crippen LogP contribution is -2.50. The van der Waals surface area contributed by atoms with E-state index in [9.17, 15) is 4.79 Å². The number of benzene rings is 1. The van der Waals surface area contributed by atoms with Crippen LogP contribution in [-0.2, 0) is 5.41 Å². The molecule has 0 aromatic heterocycles. The molecule has 1 aromatic carbocycles. The summed E-state index contributed by atoms with van der Waals surface area (Å²) in [7, 11) is 0. The van der Waals surface area contributed by atoms with Crippen molar-refractivity contribution in [2.75, 3.05) is 13.2 Å². The van der Waals surface area contributed by atoms with Crippen LogP contribution >= 0.6 is 0 Å². The lowest BCUT2D eigenvalue weighted by atomic mass is 9.64. The van der Waals surface area contributed by atoms with Crippen molar-refractivity contribution < 1.29 is 9.90 Å². The molecule has 2 amide bonds. The smallest absolute Gasteiger partial charge is 0.315 e. The zero-order chi connectivity index (χ0) is 15.3. The Balaban J connectivity index is 1.88. The molecule has 2 unspecified atom stereocenters. The third-order valence-electron chi connectivity index (χ3n) is 4.78. The van der Waals surface area contributed by atoms with Gasteiger partial charge >= 0.3 is 6.03 Å². The van der Waals surface area contributed by atoms with E-state index in [2.05, 4.69) is 34.9 Å². The van der Waals surface area contributed by atoms with Crippen LogP contribution in [0.1, 0.15) is 38.7 Å². The fourth-order valence-electron chi connectivity index (χ4n) is 2.77. The van der Waals surface area contributed by atoms with Gasteiger partial charge in [0.2, 0.25) is 0 Å². The topological polar surface area (TPSA) is 61.4 Å². The van der Waals surface area contributed by atoms with Crippen molar-refractivity contribution >= 4 is 6.03 Å². The largest absolute Gasteiger partial charge is 0.396 e. The summed E-state index contributed by atoms with van der Waals surface area (Å²) in [5.74, 6) is 0.0579. The standard InChI is InChI=1S/C17H26N2O2/c1-13(11-20)14(2)19-16(21)18-12-17(9-6-10-17)15-7-4-3-5-8-15/h3-5,7-8,13-14,20H,6,9-12H2,1-2H3,(H2,18,19,21). The summed E-state index contributed by atoms with van der Waals surface area (Å²) in [6.45, 7) is 4.58. The predicted octanol–water partition coefficient (Wildman–Crippen LogP) is 2.42. The van der Waals surface area contributed by atoms with Crippen LogP contribution in [0.2, 0.25) is 0 Å². The summed E-state index contributed by atoms with van der Waals surface area (Å²) < 4.78 is 0. The van der Waals surface area contributed by atoms with Crippen LogP contribution in [0, 0.1) is 5.92 Å². The SMILES string of the molecule is CC(CO)C(C)NC(=O)NCC1(c2ccccc2)CCC1. The number of hydrogen-bond donors (Lipinski definition) is 3. The number of aliphatic hydroxyl groups is 1. The number of nitrogens with one attached hydrogen (secondary N) is 2. The molecule has 0 spiro atoms. The Bertz CT molecular complexity index is 457. The average Bonchev–Trinajstić information content (AvgIpc) is 2.46. The van der Waals surface area contributed by atoms with Crippen LogP contribution in [0.15, 0.2) is 30.3 Å². The molecule has 116 valence electrons. The van der Waals surface area contributed by atoms with Gasteiger partial charge in [0.1, 0.15) is 0 Å². The van der Waals surface area contributed by atoms with Gasteiger partial charge in [0.15, 0.2) is 0 Å². The van der Waals surface area contributed by atoms with Crippen LogP contribution in [0.25, 0.3) is 0 Å². The van der Waals surface area contributed by atoms with Gasteiger partial charge in [-0.15, -0.1) is 0 Å². The van der Waals surface area contributed by atoms with Crippen LogP contribution in [-0.4, -0.2) is 30.3 Å². The molecule has 0 saturated heterocycles. The average molecular weight is 290 g/mol. The third-order valence-corrected chi connectivity index (χ3v) is 4.78. The number of hydrogen-bond acceptors (Lipinski definition) is 2. The molecule has 1 saturated carbocycles. The van der Waals surface area contributed by atoms with E-state index in [1.807, 2.05) is 19.9 Å². The molecule has 0 radical (unpaired) electrons. The highest BCUT2D eigenvalue weighted by Gasteiger charge is 2.38. The third kappa shape index (κ3) is 3.76. The highest BCUT2D eigenvalue weighted by molar-refractivity contribution is 5.74. The van der Waals surface area contributed by atoms with Crippen molar-refractivity contribution in [3.05, 3.63) is 35.9 Å². The van der Waals surface area contributed by atoms with Crippen molar-refractivity contribution in [3.8, 4) is 0 Å². The number of aliphatic hydroxyl groups excluding tert-OH is 1. The van der Waals surface area contributed by atoms with Crippen LogP contribution in [0.4, 0.5) is 4.79 Å². The highest BCUT2D eigenvalue weighted by atomic mass is 16.3. The van der Waals surface area contributed by atoms with Gasteiger partial charge in [-0.25, -0.2) is 4.79 Å². The number of carbonyl (C=O) groups excluding carboxylic acids is 1. The number of amides is 2. The molecule has 0 aliphatic heterocycles.